The van der Waals surface area contributed by atoms with E-state index in [0.29, 0.717) is 24.4 Å². The Bertz CT molecular complexity index is 910. The molecule has 2 aromatic rings. The van der Waals surface area contributed by atoms with Crippen molar-refractivity contribution in [1.82, 2.24) is 0 Å². The van der Waals surface area contributed by atoms with Gasteiger partial charge in [-0.3, -0.25) is 9.59 Å². The first-order chi connectivity index (χ1) is 14.1. The zero-order valence-corrected chi connectivity index (χ0v) is 17.6. The van der Waals surface area contributed by atoms with Gasteiger partial charge < -0.3 is 0 Å². The topological polar surface area (TPSA) is 34.1 Å². The number of rotatable bonds is 4. The van der Waals surface area contributed by atoms with Crippen LogP contribution in [0, 0.1) is 10.8 Å². The predicted octanol–water partition coefficient (Wildman–Crippen LogP) is 6.25. The van der Waals surface area contributed by atoms with Crippen LogP contribution in [0.1, 0.15) is 76.3 Å². The summed E-state index contributed by atoms with van der Waals surface area (Å²) in [6.45, 7) is 4.01. The summed E-state index contributed by atoms with van der Waals surface area (Å²) in [6, 6.07) is 17.2. The zero-order valence-electron chi connectivity index (χ0n) is 17.6. The second-order valence-corrected chi connectivity index (χ2v) is 9.27. The molecule has 2 fully saturated rings. The van der Waals surface area contributed by atoms with Crippen LogP contribution in [0.3, 0.4) is 0 Å². The van der Waals surface area contributed by atoms with E-state index in [1.807, 2.05) is 13.8 Å². The van der Waals surface area contributed by atoms with Crippen LogP contribution in [0.2, 0.25) is 0 Å². The van der Waals surface area contributed by atoms with Crippen molar-refractivity contribution >= 4 is 11.6 Å². The first-order valence-electron chi connectivity index (χ1n) is 11.3. The molecule has 2 bridgehead atoms. The van der Waals surface area contributed by atoms with E-state index in [0.717, 1.165) is 38.5 Å². The highest BCUT2D eigenvalue weighted by Crippen LogP contribution is 2.74. The molecule has 150 valence electrons. The van der Waals surface area contributed by atoms with E-state index in [-0.39, 0.29) is 0 Å². The van der Waals surface area contributed by atoms with Crippen molar-refractivity contribution in [2.75, 3.05) is 0 Å². The molecule has 2 aromatic carbocycles. The predicted molar refractivity (Wildman–Crippen MR) is 116 cm³/mol. The Morgan fingerprint density at radius 1 is 0.690 bits per heavy atom. The van der Waals surface area contributed by atoms with E-state index < -0.39 is 16.2 Å². The molecule has 2 saturated carbocycles. The summed E-state index contributed by atoms with van der Waals surface area (Å²) in [7, 11) is 0. The summed E-state index contributed by atoms with van der Waals surface area (Å²) in [5.74, 6) is 0.716. The molecule has 29 heavy (non-hydrogen) atoms. The molecule has 0 radical (unpaired) electrons. The number of ketones is 2. The van der Waals surface area contributed by atoms with Gasteiger partial charge in [0.25, 0.3) is 0 Å². The highest BCUT2D eigenvalue weighted by molar-refractivity contribution is 5.98. The van der Waals surface area contributed by atoms with Crippen LogP contribution in [-0.4, -0.2) is 11.6 Å². The molecule has 3 aliphatic carbocycles. The number of carbonyl (C=O) groups excluding carboxylic acids is 2. The first-order valence-corrected chi connectivity index (χ1v) is 11.3. The smallest absolute Gasteiger partial charge is 0.140 e. The van der Waals surface area contributed by atoms with Gasteiger partial charge in [0.2, 0.25) is 0 Å². The first kappa shape index (κ1) is 18.8. The van der Waals surface area contributed by atoms with Gasteiger partial charge in [0.15, 0.2) is 0 Å². The SMILES string of the molecule is CCC(=O)C12CCCC(C(=O)CC)(CCC1)C21c2ccccc2-c2ccccc21. The van der Waals surface area contributed by atoms with E-state index >= 15 is 0 Å². The van der Waals surface area contributed by atoms with Crippen LogP contribution in [0.15, 0.2) is 48.5 Å². The van der Waals surface area contributed by atoms with Gasteiger partial charge >= 0.3 is 0 Å². The lowest BCUT2D eigenvalue weighted by Gasteiger charge is -2.65. The summed E-state index contributed by atoms with van der Waals surface area (Å²) in [4.78, 5) is 27.6. The van der Waals surface area contributed by atoms with Crippen LogP contribution < -0.4 is 0 Å². The Morgan fingerprint density at radius 3 is 1.45 bits per heavy atom. The van der Waals surface area contributed by atoms with Crippen molar-refractivity contribution in [2.24, 2.45) is 10.8 Å². The van der Waals surface area contributed by atoms with Crippen molar-refractivity contribution in [3.05, 3.63) is 59.7 Å². The Morgan fingerprint density at radius 2 is 1.07 bits per heavy atom. The molecule has 0 aliphatic heterocycles. The highest BCUT2D eigenvalue weighted by atomic mass is 16.1. The van der Waals surface area contributed by atoms with Crippen molar-refractivity contribution in [3.63, 3.8) is 0 Å². The Kier molecular flexibility index (Phi) is 4.14. The standard InChI is InChI=1S/C27H30O2/c1-3-23(28)25-15-9-17-26(18-10-16-25,24(29)4-2)27(25)21-13-7-5-11-19(21)20-12-6-8-14-22(20)27/h5-8,11-14H,3-4,9-10,15-18H2,1-2H3. The molecule has 2 nitrogen and oxygen atoms in total. The molecular weight excluding hydrogens is 356 g/mol. The van der Waals surface area contributed by atoms with Crippen LogP contribution >= 0.6 is 0 Å². The number of benzene rings is 2. The molecule has 0 heterocycles. The van der Waals surface area contributed by atoms with Gasteiger partial charge in [0, 0.05) is 29.1 Å². The maximum atomic E-state index is 13.8. The minimum Gasteiger partial charge on any atom is -0.299 e. The van der Waals surface area contributed by atoms with Crippen LogP contribution in [0.5, 0.6) is 0 Å². The maximum Gasteiger partial charge on any atom is 0.140 e. The fourth-order valence-electron chi connectivity index (χ4n) is 7.76. The Labute approximate surface area is 173 Å². The Balaban J connectivity index is 1.98. The molecule has 0 atom stereocenters. The van der Waals surface area contributed by atoms with Crippen molar-refractivity contribution < 1.29 is 9.59 Å². The van der Waals surface area contributed by atoms with Crippen LogP contribution in [-0.2, 0) is 15.0 Å². The molecule has 0 N–H and O–H groups in total. The third-order valence-electron chi connectivity index (χ3n) is 8.51. The molecule has 0 saturated heterocycles. The highest BCUT2D eigenvalue weighted by Gasteiger charge is 2.73. The van der Waals surface area contributed by atoms with Gasteiger partial charge in [-0.2, -0.15) is 0 Å². The maximum absolute atomic E-state index is 13.8. The second kappa shape index (κ2) is 6.39. The number of fused-ring (bicyclic) bond motifs is 3. The van der Waals surface area contributed by atoms with E-state index in [9.17, 15) is 9.59 Å². The molecule has 0 unspecified atom stereocenters. The third-order valence-corrected chi connectivity index (χ3v) is 8.51. The van der Waals surface area contributed by atoms with Gasteiger partial charge in [-0.1, -0.05) is 75.2 Å². The molecule has 0 aromatic heterocycles. The minimum atomic E-state index is -0.510. The van der Waals surface area contributed by atoms with Gasteiger partial charge in [-0.15, -0.1) is 0 Å². The van der Waals surface area contributed by atoms with E-state index in [4.69, 9.17) is 0 Å². The fourth-order valence-corrected chi connectivity index (χ4v) is 7.76. The van der Waals surface area contributed by atoms with Gasteiger partial charge in [-0.25, -0.2) is 0 Å². The molecule has 5 rings (SSSR count). The van der Waals surface area contributed by atoms with Gasteiger partial charge in [-0.05, 0) is 47.9 Å². The summed E-state index contributed by atoms with van der Waals surface area (Å²) in [5.41, 5.74) is 3.50. The lowest BCUT2D eigenvalue weighted by Crippen LogP contribution is -2.67. The zero-order chi connectivity index (χ0) is 20.3. The largest absolute Gasteiger partial charge is 0.299 e. The quantitative estimate of drug-likeness (QED) is 0.622. The molecule has 3 aliphatic rings. The monoisotopic (exact) mass is 386 g/mol. The third kappa shape index (κ3) is 1.98. The normalized spacial score (nSPS) is 28.6. The fraction of sp³-hybridized carbons (Fsp3) is 0.481. The average Bonchev–Trinajstić information content (AvgIpc) is 3.05. The van der Waals surface area contributed by atoms with Gasteiger partial charge in [0.05, 0.1) is 0 Å². The number of carbonyl (C=O) groups is 2. The number of hydrogen-bond acceptors (Lipinski definition) is 2. The molecule has 1 spiro atoms. The summed E-state index contributed by atoms with van der Waals surface area (Å²) < 4.78 is 0. The van der Waals surface area contributed by atoms with Crippen molar-refractivity contribution in [1.29, 1.82) is 0 Å². The van der Waals surface area contributed by atoms with Crippen LogP contribution in [0.4, 0.5) is 0 Å². The van der Waals surface area contributed by atoms with Crippen molar-refractivity contribution in [2.45, 2.75) is 70.6 Å². The lowest BCUT2D eigenvalue weighted by molar-refractivity contribution is -0.160. The molecular formula is C27H30O2. The van der Waals surface area contributed by atoms with E-state index in [1.54, 1.807) is 0 Å². The van der Waals surface area contributed by atoms with E-state index in [1.165, 1.54) is 22.3 Å². The van der Waals surface area contributed by atoms with Gasteiger partial charge in [0.1, 0.15) is 11.6 Å². The summed E-state index contributed by atoms with van der Waals surface area (Å²) in [6.07, 6.45) is 6.66. The Hall–Kier alpha value is -2.22. The summed E-state index contributed by atoms with van der Waals surface area (Å²) >= 11 is 0. The molecule has 0 amide bonds. The average molecular weight is 387 g/mol. The number of hydrogen-bond donors (Lipinski definition) is 0. The molecule has 2 heteroatoms. The van der Waals surface area contributed by atoms with Crippen LogP contribution in [0.25, 0.3) is 11.1 Å². The lowest BCUT2D eigenvalue weighted by atomic mass is 9.35. The summed E-state index contributed by atoms with van der Waals surface area (Å²) in [5, 5.41) is 0. The second-order valence-electron chi connectivity index (χ2n) is 9.27. The van der Waals surface area contributed by atoms with E-state index in [2.05, 4.69) is 48.5 Å². The minimum absolute atomic E-state index is 0.358. The number of Topliss-reactive ketones (excluding diaryl/α,β-unsaturated/α-hetero) is 2. The van der Waals surface area contributed by atoms with Crippen molar-refractivity contribution in [3.8, 4) is 11.1 Å².